The Labute approximate surface area is 137 Å². The third kappa shape index (κ3) is 3.02. The van der Waals surface area contributed by atoms with Crippen molar-refractivity contribution < 1.29 is 25.8 Å². The molecule has 1 aromatic heterocycles. The second-order valence-electron chi connectivity index (χ2n) is 5.80. The minimum atomic E-state index is -5.61. The van der Waals surface area contributed by atoms with Crippen LogP contribution in [0, 0.1) is 0 Å². The van der Waals surface area contributed by atoms with E-state index in [2.05, 4.69) is 4.18 Å². The van der Waals surface area contributed by atoms with E-state index in [1.54, 1.807) is 0 Å². The number of hydrogen-bond donors (Lipinski definition) is 0. The predicted octanol–water partition coefficient (Wildman–Crippen LogP) is 4.20. The van der Waals surface area contributed by atoms with Gasteiger partial charge in [-0.25, -0.2) is 0 Å². The summed E-state index contributed by atoms with van der Waals surface area (Å²) < 4.78 is 66.0. The van der Waals surface area contributed by atoms with Crippen LogP contribution >= 0.6 is 0 Å². The first-order chi connectivity index (χ1) is 11.2. The van der Waals surface area contributed by atoms with Crippen LogP contribution in [0.3, 0.4) is 0 Å². The smallest absolute Gasteiger partial charge is 0.381 e. The van der Waals surface area contributed by atoms with E-state index >= 15 is 0 Å². The molecule has 0 aliphatic heterocycles. The van der Waals surface area contributed by atoms with Gasteiger partial charge in [-0.15, -0.1) is 0 Å². The summed E-state index contributed by atoms with van der Waals surface area (Å²) in [5, 5.41) is 1.03. The number of hydrogen-bond acceptors (Lipinski definition) is 3. The number of allylic oxidation sites excluding steroid dienone is 2. The molecule has 1 heterocycles. The fraction of sp³-hybridized carbons (Fsp3) is 0.375. The van der Waals surface area contributed by atoms with Crippen molar-refractivity contribution in [1.82, 2.24) is 4.57 Å². The molecule has 0 bridgehead atoms. The molecule has 0 N–H and O–H groups in total. The van der Waals surface area contributed by atoms with Crippen molar-refractivity contribution in [2.24, 2.45) is 7.05 Å². The number of aromatic nitrogens is 1. The Balaban J connectivity index is 1.93. The summed E-state index contributed by atoms with van der Waals surface area (Å²) in [4.78, 5) is 0. The molecule has 0 radical (unpaired) electrons. The van der Waals surface area contributed by atoms with E-state index in [0.717, 1.165) is 23.0 Å². The lowest BCUT2D eigenvalue weighted by atomic mass is 9.92. The van der Waals surface area contributed by atoms with Gasteiger partial charge in [0.15, 0.2) is 0 Å². The predicted molar refractivity (Wildman–Crippen MR) is 83.7 cm³/mol. The maximum Gasteiger partial charge on any atom is 0.534 e. The molecule has 0 fully saturated rings. The van der Waals surface area contributed by atoms with Crippen LogP contribution in [0.5, 0.6) is 0 Å². The van der Waals surface area contributed by atoms with Gasteiger partial charge in [0, 0.05) is 30.6 Å². The van der Waals surface area contributed by atoms with E-state index in [1.165, 1.54) is 6.08 Å². The average molecular weight is 359 g/mol. The Morgan fingerprint density at radius 2 is 1.96 bits per heavy atom. The van der Waals surface area contributed by atoms with Gasteiger partial charge in [0.05, 0.1) is 0 Å². The molecular weight excluding hydrogens is 343 g/mol. The highest BCUT2D eigenvalue weighted by Gasteiger charge is 2.49. The van der Waals surface area contributed by atoms with E-state index in [0.29, 0.717) is 6.42 Å². The molecule has 8 heteroatoms. The topological polar surface area (TPSA) is 48.3 Å². The highest BCUT2D eigenvalue weighted by atomic mass is 32.2. The first-order valence-corrected chi connectivity index (χ1v) is 8.86. The van der Waals surface area contributed by atoms with E-state index in [1.807, 2.05) is 41.9 Å². The first-order valence-electron chi connectivity index (χ1n) is 7.45. The molecule has 0 saturated carbocycles. The normalized spacial score (nSPS) is 19.3. The number of aryl methyl sites for hydroxylation is 1. The zero-order valence-electron chi connectivity index (χ0n) is 12.9. The molecule has 0 saturated heterocycles. The van der Waals surface area contributed by atoms with Crippen LogP contribution in [0.15, 0.2) is 42.2 Å². The fourth-order valence-corrected chi connectivity index (χ4v) is 3.56. The standard InChI is InChI=1S/C16H16F3NO3S/c1-20-14-8-3-2-5-12(14)10-15(20)11-6-4-7-13(9-11)23-24(21,22)16(17,18)19/h2-3,5,8-11H,4,6-7H2,1H3. The lowest BCUT2D eigenvalue weighted by Crippen LogP contribution is -2.26. The van der Waals surface area contributed by atoms with Crippen molar-refractivity contribution in [3.05, 3.63) is 47.9 Å². The van der Waals surface area contributed by atoms with Crippen molar-refractivity contribution in [2.75, 3.05) is 0 Å². The van der Waals surface area contributed by atoms with Crippen LogP contribution in [-0.2, 0) is 21.3 Å². The minimum Gasteiger partial charge on any atom is -0.381 e. The minimum absolute atomic E-state index is 0.145. The summed E-state index contributed by atoms with van der Waals surface area (Å²) in [7, 11) is -3.73. The van der Waals surface area contributed by atoms with Gasteiger partial charge in [-0.2, -0.15) is 21.6 Å². The molecule has 4 nitrogen and oxygen atoms in total. The zero-order chi connectivity index (χ0) is 17.5. The molecule has 130 valence electrons. The molecule has 24 heavy (non-hydrogen) atoms. The van der Waals surface area contributed by atoms with Crippen molar-refractivity contribution in [1.29, 1.82) is 0 Å². The van der Waals surface area contributed by atoms with Crippen molar-refractivity contribution in [2.45, 2.75) is 30.7 Å². The van der Waals surface area contributed by atoms with E-state index in [9.17, 15) is 21.6 Å². The van der Waals surface area contributed by atoms with Crippen LogP contribution in [0.1, 0.15) is 30.9 Å². The van der Waals surface area contributed by atoms with Gasteiger partial charge < -0.3 is 8.75 Å². The van der Waals surface area contributed by atoms with Crippen LogP contribution in [0.2, 0.25) is 0 Å². The number of fused-ring (bicyclic) bond motifs is 1. The lowest BCUT2D eigenvalue weighted by molar-refractivity contribution is -0.0524. The summed E-state index contributed by atoms with van der Waals surface area (Å²) >= 11 is 0. The van der Waals surface area contributed by atoms with Crippen molar-refractivity contribution in [3.8, 4) is 0 Å². The second kappa shape index (κ2) is 5.84. The number of para-hydroxylation sites is 1. The number of rotatable bonds is 3. The summed E-state index contributed by atoms with van der Waals surface area (Å²) in [6, 6.07) is 9.70. The number of benzene rings is 1. The quantitative estimate of drug-likeness (QED) is 0.610. The fourth-order valence-electron chi connectivity index (χ4n) is 3.04. The Bertz CT molecular complexity index is 897. The van der Waals surface area contributed by atoms with Gasteiger partial charge in [0.25, 0.3) is 0 Å². The first kappa shape index (κ1) is 16.9. The maximum atomic E-state index is 12.5. The second-order valence-corrected chi connectivity index (χ2v) is 7.34. The SMILES string of the molecule is Cn1c(C2C=C(OS(=O)(=O)C(F)(F)F)CCC2)cc2ccccc21. The summed E-state index contributed by atoms with van der Waals surface area (Å²) in [6.45, 7) is 0. The molecule has 1 aliphatic carbocycles. The average Bonchev–Trinajstić information content (AvgIpc) is 2.84. The number of alkyl halides is 3. The number of halogens is 3. The summed E-state index contributed by atoms with van der Waals surface area (Å²) in [5.74, 6) is -0.330. The Hall–Kier alpha value is -1.96. The molecule has 1 unspecified atom stereocenters. The molecule has 1 atom stereocenters. The Morgan fingerprint density at radius 3 is 2.62 bits per heavy atom. The van der Waals surface area contributed by atoms with Crippen LogP contribution < -0.4 is 0 Å². The van der Waals surface area contributed by atoms with Crippen LogP contribution in [0.4, 0.5) is 13.2 Å². The zero-order valence-corrected chi connectivity index (χ0v) is 13.7. The van der Waals surface area contributed by atoms with Crippen molar-refractivity contribution >= 4 is 21.0 Å². The van der Waals surface area contributed by atoms with Crippen molar-refractivity contribution in [3.63, 3.8) is 0 Å². The molecule has 1 aliphatic rings. The Kier molecular flexibility index (Phi) is 4.11. The van der Waals surface area contributed by atoms with Gasteiger partial charge in [-0.1, -0.05) is 18.2 Å². The highest BCUT2D eigenvalue weighted by Crippen LogP contribution is 2.36. The van der Waals surface area contributed by atoms with Crippen LogP contribution in [-0.4, -0.2) is 18.5 Å². The summed E-state index contributed by atoms with van der Waals surface area (Å²) in [6.07, 6.45) is 2.95. The van der Waals surface area contributed by atoms with Gasteiger partial charge in [-0.3, -0.25) is 0 Å². The van der Waals surface area contributed by atoms with Crippen LogP contribution in [0.25, 0.3) is 10.9 Å². The van der Waals surface area contributed by atoms with Gasteiger partial charge >= 0.3 is 15.6 Å². The molecule has 0 spiro atoms. The molecule has 0 amide bonds. The maximum absolute atomic E-state index is 12.5. The van der Waals surface area contributed by atoms with E-state index in [-0.39, 0.29) is 18.1 Å². The third-order valence-corrected chi connectivity index (χ3v) is 5.19. The lowest BCUT2D eigenvalue weighted by Gasteiger charge is -2.22. The summed E-state index contributed by atoms with van der Waals surface area (Å²) in [5.41, 5.74) is -3.49. The molecule has 3 rings (SSSR count). The number of nitrogens with zero attached hydrogens (tertiary/aromatic N) is 1. The molecule has 2 aromatic rings. The monoisotopic (exact) mass is 359 g/mol. The Morgan fingerprint density at radius 1 is 1.25 bits per heavy atom. The molecular formula is C16H16F3NO3S. The van der Waals surface area contributed by atoms with E-state index in [4.69, 9.17) is 0 Å². The van der Waals surface area contributed by atoms with E-state index < -0.39 is 15.6 Å². The highest BCUT2D eigenvalue weighted by molar-refractivity contribution is 7.87. The van der Waals surface area contributed by atoms with Gasteiger partial charge in [0.2, 0.25) is 0 Å². The van der Waals surface area contributed by atoms with Gasteiger partial charge in [-0.05, 0) is 36.4 Å². The molecule has 1 aromatic carbocycles. The van der Waals surface area contributed by atoms with Gasteiger partial charge in [0.1, 0.15) is 5.76 Å². The largest absolute Gasteiger partial charge is 0.534 e. The third-order valence-electron chi connectivity index (χ3n) is 4.19.